The van der Waals surface area contributed by atoms with Gasteiger partial charge in [-0.25, -0.2) is 0 Å². The average molecular weight is 953 g/mol. The van der Waals surface area contributed by atoms with Crippen LogP contribution in [0.15, 0.2) is 60.8 Å². The normalized spacial score (nSPS) is 13.5. The highest BCUT2D eigenvalue weighted by Crippen LogP contribution is 2.18. The van der Waals surface area contributed by atoms with E-state index in [1.807, 2.05) is 6.08 Å². The molecule has 1 amide bonds. The minimum atomic E-state index is -0.813. The molecule has 0 aromatic carbocycles. The number of nitrogens with one attached hydrogen (secondary N) is 1. The first kappa shape index (κ1) is 65.6. The lowest BCUT2D eigenvalue weighted by molar-refractivity contribution is -0.150. The van der Waals surface area contributed by atoms with Crippen LogP contribution in [0.5, 0.6) is 0 Å². The number of carbonyl (C=O) groups is 2. The molecule has 0 fully saturated rings. The van der Waals surface area contributed by atoms with Crippen LogP contribution in [0.2, 0.25) is 0 Å². The standard InChI is InChI=1S/C62H113NO5/c1-4-7-10-13-16-19-22-25-28-29-30-31-34-37-40-43-46-49-52-55-62(67)68-58(53-50-47-44-41-38-35-32-26-23-20-17-14-11-8-5-2)56-61(66)63-59(57-64)60(65)54-51-48-45-42-39-36-33-27-24-21-18-15-12-9-6-3/h8,11,17,20,26,32,38,41,47,50,58-60,64-65H,4-7,9-10,12-16,18-19,21-25,27-31,33-37,39-40,42-46,48-49,51-57H2,1-3H3,(H,63,66)/b11-8-,20-17-,32-26-,41-38-,50-47-. The SMILES string of the molecule is CC/C=C\C/C=C\C/C=C\C/C=C\C/C=C\CC(CC(=O)NC(CO)C(O)CCCCCCCCCCCCCCCCC)OC(=O)CCCCCCCCCCCCCCCCCCCCC. The second-order valence-electron chi connectivity index (χ2n) is 20.0. The van der Waals surface area contributed by atoms with E-state index in [1.165, 1.54) is 180 Å². The number of allylic oxidation sites excluding steroid dienone is 9. The Kier molecular flexibility index (Phi) is 53.5. The molecule has 0 aromatic rings. The van der Waals surface area contributed by atoms with E-state index < -0.39 is 18.2 Å². The predicted molar refractivity (Wildman–Crippen MR) is 296 cm³/mol. The van der Waals surface area contributed by atoms with Gasteiger partial charge in [0.25, 0.3) is 0 Å². The summed E-state index contributed by atoms with van der Waals surface area (Å²) in [6.07, 6.45) is 70.3. The van der Waals surface area contributed by atoms with Crippen molar-refractivity contribution in [2.24, 2.45) is 0 Å². The Hall–Kier alpha value is -2.44. The lowest BCUT2D eigenvalue weighted by atomic mass is 10.0. The predicted octanol–water partition coefficient (Wildman–Crippen LogP) is 18.4. The Balaban J connectivity index is 4.60. The van der Waals surface area contributed by atoms with E-state index >= 15 is 0 Å². The second kappa shape index (κ2) is 55.5. The number of amides is 1. The Morgan fingerprint density at radius 1 is 0.441 bits per heavy atom. The molecule has 0 aromatic heterocycles. The van der Waals surface area contributed by atoms with Crippen LogP contribution in [0.25, 0.3) is 0 Å². The van der Waals surface area contributed by atoms with Crippen molar-refractivity contribution >= 4 is 11.9 Å². The van der Waals surface area contributed by atoms with Crippen LogP contribution in [-0.4, -0.2) is 46.9 Å². The third-order valence-electron chi connectivity index (χ3n) is 13.4. The van der Waals surface area contributed by atoms with Gasteiger partial charge in [-0.3, -0.25) is 9.59 Å². The van der Waals surface area contributed by atoms with Crippen LogP contribution in [-0.2, 0) is 14.3 Å². The summed E-state index contributed by atoms with van der Waals surface area (Å²) in [5.41, 5.74) is 0. The number of esters is 1. The Morgan fingerprint density at radius 3 is 1.12 bits per heavy atom. The molecular weight excluding hydrogens is 839 g/mol. The Bertz CT molecular complexity index is 1210. The van der Waals surface area contributed by atoms with Gasteiger partial charge in [-0.15, -0.1) is 0 Å². The fourth-order valence-corrected chi connectivity index (χ4v) is 8.93. The summed E-state index contributed by atoms with van der Waals surface area (Å²) in [5.74, 6) is -0.567. The number of rotatable bonds is 53. The molecule has 68 heavy (non-hydrogen) atoms. The highest BCUT2D eigenvalue weighted by molar-refractivity contribution is 5.77. The van der Waals surface area contributed by atoms with E-state index in [-0.39, 0.29) is 24.9 Å². The maximum absolute atomic E-state index is 13.3. The molecule has 3 N–H and O–H groups in total. The number of hydrogen-bond donors (Lipinski definition) is 3. The first-order chi connectivity index (χ1) is 33.5. The molecule has 396 valence electrons. The molecule has 0 spiro atoms. The highest BCUT2D eigenvalue weighted by Gasteiger charge is 2.23. The largest absolute Gasteiger partial charge is 0.461 e. The summed E-state index contributed by atoms with van der Waals surface area (Å²) in [4.78, 5) is 26.3. The van der Waals surface area contributed by atoms with Gasteiger partial charge in [0.15, 0.2) is 0 Å². The van der Waals surface area contributed by atoms with Gasteiger partial charge in [-0.1, -0.05) is 293 Å². The van der Waals surface area contributed by atoms with Crippen molar-refractivity contribution in [2.45, 2.75) is 315 Å². The first-order valence-electron chi connectivity index (χ1n) is 29.5. The summed E-state index contributed by atoms with van der Waals surface area (Å²) >= 11 is 0. The molecule has 0 aliphatic carbocycles. The molecular formula is C62H113NO5. The minimum Gasteiger partial charge on any atom is -0.461 e. The van der Waals surface area contributed by atoms with Crippen molar-refractivity contribution in [1.82, 2.24) is 5.32 Å². The molecule has 0 radical (unpaired) electrons. The summed E-state index contributed by atoms with van der Waals surface area (Å²) in [6.45, 7) is 6.38. The van der Waals surface area contributed by atoms with Crippen molar-refractivity contribution < 1.29 is 24.5 Å². The second-order valence-corrected chi connectivity index (χ2v) is 20.0. The number of hydrogen-bond acceptors (Lipinski definition) is 5. The molecule has 0 aliphatic heterocycles. The van der Waals surface area contributed by atoms with Crippen LogP contribution >= 0.6 is 0 Å². The summed E-state index contributed by atoms with van der Waals surface area (Å²) in [6, 6.07) is -0.733. The van der Waals surface area contributed by atoms with Crippen LogP contribution in [0, 0.1) is 0 Å². The topological polar surface area (TPSA) is 95.9 Å². The number of aliphatic hydroxyl groups is 2. The van der Waals surface area contributed by atoms with Crippen LogP contribution in [0.3, 0.4) is 0 Å². The van der Waals surface area contributed by atoms with E-state index in [1.54, 1.807) is 0 Å². The lowest BCUT2D eigenvalue weighted by Crippen LogP contribution is -2.46. The Morgan fingerprint density at radius 2 is 0.765 bits per heavy atom. The van der Waals surface area contributed by atoms with Crippen LogP contribution < -0.4 is 5.32 Å². The molecule has 3 atom stereocenters. The Labute approximate surface area is 422 Å². The van der Waals surface area contributed by atoms with E-state index in [4.69, 9.17) is 4.74 Å². The maximum Gasteiger partial charge on any atom is 0.306 e. The molecule has 0 bridgehead atoms. The van der Waals surface area contributed by atoms with E-state index in [2.05, 4.69) is 80.8 Å². The average Bonchev–Trinajstić information content (AvgIpc) is 3.33. The van der Waals surface area contributed by atoms with Crippen molar-refractivity contribution in [3.8, 4) is 0 Å². The monoisotopic (exact) mass is 952 g/mol. The van der Waals surface area contributed by atoms with E-state index in [9.17, 15) is 19.8 Å². The molecule has 6 nitrogen and oxygen atoms in total. The lowest BCUT2D eigenvalue weighted by Gasteiger charge is -2.24. The third-order valence-corrected chi connectivity index (χ3v) is 13.4. The number of unbranched alkanes of at least 4 members (excludes halogenated alkanes) is 32. The van der Waals surface area contributed by atoms with Crippen molar-refractivity contribution in [2.75, 3.05) is 6.61 Å². The molecule has 0 heterocycles. The van der Waals surface area contributed by atoms with Crippen molar-refractivity contribution in [3.05, 3.63) is 60.8 Å². The zero-order valence-electron chi connectivity index (χ0n) is 45.2. The number of aliphatic hydroxyl groups excluding tert-OH is 2. The molecule has 0 saturated heterocycles. The zero-order chi connectivity index (χ0) is 49.5. The first-order valence-corrected chi connectivity index (χ1v) is 29.5. The maximum atomic E-state index is 13.3. The van der Waals surface area contributed by atoms with Gasteiger partial charge in [0.2, 0.25) is 5.91 Å². The summed E-state index contributed by atoms with van der Waals surface area (Å²) in [7, 11) is 0. The van der Waals surface area contributed by atoms with Gasteiger partial charge in [0.1, 0.15) is 6.10 Å². The fraction of sp³-hybridized carbons (Fsp3) is 0.806. The van der Waals surface area contributed by atoms with Crippen molar-refractivity contribution in [3.63, 3.8) is 0 Å². The van der Waals surface area contributed by atoms with Crippen LogP contribution in [0.1, 0.15) is 297 Å². The van der Waals surface area contributed by atoms with Gasteiger partial charge in [0, 0.05) is 12.8 Å². The summed E-state index contributed by atoms with van der Waals surface area (Å²) in [5, 5.41) is 23.8. The van der Waals surface area contributed by atoms with Gasteiger partial charge < -0.3 is 20.3 Å². The molecule has 0 aliphatic rings. The van der Waals surface area contributed by atoms with Crippen molar-refractivity contribution in [1.29, 1.82) is 0 Å². The quantitative estimate of drug-likeness (QED) is 0.0321. The minimum absolute atomic E-state index is 0.00141. The van der Waals surface area contributed by atoms with E-state index in [0.717, 1.165) is 70.6 Å². The number of ether oxygens (including phenoxy) is 1. The molecule has 6 heteroatoms. The van der Waals surface area contributed by atoms with E-state index in [0.29, 0.717) is 19.3 Å². The summed E-state index contributed by atoms with van der Waals surface area (Å²) < 4.78 is 5.90. The van der Waals surface area contributed by atoms with Gasteiger partial charge in [-0.05, 0) is 44.9 Å². The third kappa shape index (κ3) is 50.0. The zero-order valence-corrected chi connectivity index (χ0v) is 45.2. The number of carbonyl (C=O) groups excluding carboxylic acids is 2. The fourth-order valence-electron chi connectivity index (χ4n) is 8.93. The highest BCUT2D eigenvalue weighted by atomic mass is 16.5. The van der Waals surface area contributed by atoms with Gasteiger partial charge in [0.05, 0.1) is 25.2 Å². The molecule has 3 unspecified atom stereocenters. The molecule has 0 rings (SSSR count). The smallest absolute Gasteiger partial charge is 0.306 e. The molecule has 0 saturated carbocycles. The van der Waals surface area contributed by atoms with Gasteiger partial charge in [-0.2, -0.15) is 0 Å². The van der Waals surface area contributed by atoms with Gasteiger partial charge >= 0.3 is 5.97 Å². The van der Waals surface area contributed by atoms with Crippen LogP contribution in [0.4, 0.5) is 0 Å².